The number of benzene rings is 1. The van der Waals surface area contributed by atoms with Crippen LogP contribution in [0.25, 0.3) is 0 Å². The fourth-order valence-electron chi connectivity index (χ4n) is 2.54. The first-order chi connectivity index (χ1) is 9.02. The van der Waals surface area contributed by atoms with Gasteiger partial charge >= 0.3 is 0 Å². The fraction of sp³-hybridized carbons (Fsp3) is 0.500. The third kappa shape index (κ3) is 3.62. The average molecular weight is 321 g/mol. The lowest BCUT2D eigenvalue weighted by atomic mass is 9.92. The quantitative estimate of drug-likeness (QED) is 0.910. The number of piperidine rings is 1. The van der Waals surface area contributed by atoms with Gasteiger partial charge in [-0.25, -0.2) is 4.39 Å². The van der Waals surface area contributed by atoms with Crippen molar-refractivity contribution in [1.29, 1.82) is 0 Å². The average Bonchev–Trinajstić information content (AvgIpc) is 2.41. The lowest BCUT2D eigenvalue weighted by molar-refractivity contribution is 0.0573. The second kappa shape index (κ2) is 7.25. The van der Waals surface area contributed by atoms with Crippen LogP contribution in [0.5, 0.6) is 0 Å². The zero-order valence-corrected chi connectivity index (χ0v) is 12.9. The molecule has 0 radical (unpaired) electrons. The summed E-state index contributed by atoms with van der Waals surface area (Å²) in [5.74, 6) is -0.0560. The molecule has 1 aromatic carbocycles. The molecule has 6 heteroatoms. The van der Waals surface area contributed by atoms with Crippen molar-refractivity contribution in [3.05, 3.63) is 34.6 Å². The summed E-state index contributed by atoms with van der Waals surface area (Å²) < 4.78 is 13.1. The van der Waals surface area contributed by atoms with E-state index in [1.165, 1.54) is 18.2 Å². The number of amides is 1. The molecular formula is C14H19Cl2FN2O. The Bertz CT molecular complexity index is 484. The molecule has 3 nitrogen and oxygen atoms in total. The number of nitrogens with zero attached hydrogens (tertiary/aromatic N) is 1. The van der Waals surface area contributed by atoms with Crippen LogP contribution >= 0.6 is 24.0 Å². The van der Waals surface area contributed by atoms with Crippen LogP contribution in [-0.2, 0) is 0 Å². The van der Waals surface area contributed by atoms with E-state index in [2.05, 4.69) is 6.92 Å². The van der Waals surface area contributed by atoms with Crippen LogP contribution in [0.3, 0.4) is 0 Å². The highest BCUT2D eigenvalue weighted by molar-refractivity contribution is 6.31. The maximum absolute atomic E-state index is 13.1. The van der Waals surface area contributed by atoms with Gasteiger partial charge < -0.3 is 10.6 Å². The van der Waals surface area contributed by atoms with Gasteiger partial charge in [0.15, 0.2) is 0 Å². The maximum Gasteiger partial charge on any atom is 0.254 e. The van der Waals surface area contributed by atoms with Gasteiger partial charge in [-0.05, 0) is 37.0 Å². The van der Waals surface area contributed by atoms with E-state index in [9.17, 15) is 9.18 Å². The molecule has 112 valence electrons. The van der Waals surface area contributed by atoms with E-state index in [-0.39, 0.29) is 29.4 Å². The van der Waals surface area contributed by atoms with Gasteiger partial charge in [0.1, 0.15) is 5.82 Å². The Kier molecular flexibility index (Phi) is 6.24. The predicted octanol–water partition coefficient (Wildman–Crippen LogP) is 3.10. The van der Waals surface area contributed by atoms with Crippen LogP contribution in [0, 0.1) is 11.7 Å². The smallest absolute Gasteiger partial charge is 0.254 e. The van der Waals surface area contributed by atoms with Crippen molar-refractivity contribution in [3.8, 4) is 0 Å². The van der Waals surface area contributed by atoms with Crippen molar-refractivity contribution in [3.63, 3.8) is 0 Å². The van der Waals surface area contributed by atoms with Crippen LogP contribution in [0.4, 0.5) is 4.39 Å². The molecular weight excluding hydrogens is 302 g/mol. The number of rotatable bonds is 2. The van der Waals surface area contributed by atoms with Crippen LogP contribution < -0.4 is 5.73 Å². The molecule has 0 aliphatic carbocycles. The van der Waals surface area contributed by atoms with Crippen molar-refractivity contribution in [2.45, 2.75) is 25.8 Å². The molecule has 1 aliphatic rings. The molecule has 2 unspecified atom stereocenters. The number of likely N-dealkylation sites (tertiary alicyclic amines) is 1. The molecule has 1 aromatic rings. The molecule has 1 heterocycles. The van der Waals surface area contributed by atoms with Gasteiger partial charge in [0.05, 0.1) is 5.02 Å². The summed E-state index contributed by atoms with van der Waals surface area (Å²) in [6.45, 7) is 3.31. The molecule has 20 heavy (non-hydrogen) atoms. The van der Waals surface area contributed by atoms with Gasteiger partial charge in [-0.1, -0.05) is 18.5 Å². The SMILES string of the molecule is CC1CCN(C(=O)c2ccc(F)c(Cl)c2)C(CN)C1.Cl. The maximum atomic E-state index is 13.1. The molecule has 0 spiro atoms. The van der Waals surface area contributed by atoms with Gasteiger partial charge in [-0.15, -0.1) is 12.4 Å². The van der Waals surface area contributed by atoms with Gasteiger partial charge in [-0.3, -0.25) is 4.79 Å². The van der Waals surface area contributed by atoms with Gasteiger partial charge in [0, 0.05) is 24.7 Å². The monoisotopic (exact) mass is 320 g/mol. The minimum absolute atomic E-state index is 0. The molecule has 1 saturated heterocycles. The molecule has 2 atom stereocenters. The van der Waals surface area contributed by atoms with Crippen molar-refractivity contribution >= 4 is 29.9 Å². The summed E-state index contributed by atoms with van der Waals surface area (Å²) in [5.41, 5.74) is 6.16. The number of carbonyl (C=O) groups excluding carboxylic acids is 1. The van der Waals surface area contributed by atoms with Crippen molar-refractivity contribution in [2.75, 3.05) is 13.1 Å². The van der Waals surface area contributed by atoms with Gasteiger partial charge in [0.2, 0.25) is 0 Å². The molecule has 2 N–H and O–H groups in total. The first-order valence-corrected chi connectivity index (χ1v) is 6.86. The van der Waals surface area contributed by atoms with E-state index >= 15 is 0 Å². The number of carbonyl (C=O) groups is 1. The van der Waals surface area contributed by atoms with Crippen molar-refractivity contribution in [1.82, 2.24) is 4.90 Å². The lowest BCUT2D eigenvalue weighted by Gasteiger charge is -2.38. The summed E-state index contributed by atoms with van der Waals surface area (Å²) in [7, 11) is 0. The molecule has 2 rings (SSSR count). The highest BCUT2D eigenvalue weighted by atomic mass is 35.5. The first-order valence-electron chi connectivity index (χ1n) is 6.49. The van der Waals surface area contributed by atoms with Crippen LogP contribution in [0.1, 0.15) is 30.1 Å². The van der Waals surface area contributed by atoms with Gasteiger partial charge in [0.25, 0.3) is 5.91 Å². The fourth-order valence-corrected chi connectivity index (χ4v) is 2.72. The van der Waals surface area contributed by atoms with E-state index in [1.54, 1.807) is 4.90 Å². The zero-order chi connectivity index (χ0) is 14.0. The summed E-state index contributed by atoms with van der Waals surface area (Å²) >= 11 is 5.72. The third-order valence-electron chi connectivity index (χ3n) is 3.68. The first kappa shape index (κ1) is 17.2. The van der Waals surface area contributed by atoms with E-state index in [4.69, 9.17) is 17.3 Å². The molecule has 0 saturated carbocycles. The summed E-state index contributed by atoms with van der Waals surface area (Å²) in [5, 5.41) is -0.0273. The molecule has 1 fully saturated rings. The van der Waals surface area contributed by atoms with E-state index in [1.807, 2.05) is 0 Å². The number of halogens is 3. The van der Waals surface area contributed by atoms with E-state index in [0.717, 1.165) is 12.8 Å². The lowest BCUT2D eigenvalue weighted by Crippen LogP contribution is -2.49. The highest BCUT2D eigenvalue weighted by Crippen LogP contribution is 2.25. The Morgan fingerprint density at radius 2 is 2.25 bits per heavy atom. The molecule has 0 aromatic heterocycles. The van der Waals surface area contributed by atoms with Crippen LogP contribution in [-0.4, -0.2) is 29.9 Å². The van der Waals surface area contributed by atoms with Crippen molar-refractivity contribution in [2.24, 2.45) is 11.7 Å². The minimum Gasteiger partial charge on any atom is -0.334 e. The zero-order valence-electron chi connectivity index (χ0n) is 11.3. The van der Waals surface area contributed by atoms with E-state index in [0.29, 0.717) is 24.6 Å². The topological polar surface area (TPSA) is 46.3 Å². The second-order valence-corrected chi connectivity index (χ2v) is 5.55. The summed E-state index contributed by atoms with van der Waals surface area (Å²) in [6.07, 6.45) is 1.88. The molecule has 1 aliphatic heterocycles. The van der Waals surface area contributed by atoms with Crippen LogP contribution in [0.2, 0.25) is 5.02 Å². The molecule has 0 bridgehead atoms. The number of nitrogens with two attached hydrogens (primary N) is 1. The number of hydrogen-bond acceptors (Lipinski definition) is 2. The molecule has 1 amide bonds. The Morgan fingerprint density at radius 1 is 1.55 bits per heavy atom. The Morgan fingerprint density at radius 3 is 2.85 bits per heavy atom. The van der Waals surface area contributed by atoms with E-state index < -0.39 is 5.82 Å². The van der Waals surface area contributed by atoms with Crippen LogP contribution in [0.15, 0.2) is 18.2 Å². The van der Waals surface area contributed by atoms with Crippen molar-refractivity contribution < 1.29 is 9.18 Å². The van der Waals surface area contributed by atoms with Gasteiger partial charge in [-0.2, -0.15) is 0 Å². The minimum atomic E-state index is -0.513. The third-order valence-corrected chi connectivity index (χ3v) is 3.97. The highest BCUT2D eigenvalue weighted by Gasteiger charge is 2.29. The Hall–Kier alpha value is -0.840. The second-order valence-electron chi connectivity index (χ2n) is 5.15. The largest absolute Gasteiger partial charge is 0.334 e. The normalized spacial score (nSPS) is 22.3. The summed E-state index contributed by atoms with van der Waals surface area (Å²) in [4.78, 5) is 14.2. The Balaban J connectivity index is 0.00000200. The predicted molar refractivity (Wildman–Crippen MR) is 80.9 cm³/mol. The number of hydrogen-bond donors (Lipinski definition) is 1. The summed E-state index contributed by atoms with van der Waals surface area (Å²) in [6, 6.07) is 4.12. The Labute approximate surface area is 129 Å². The standard InChI is InChI=1S/C14H18ClFN2O.ClH/c1-9-4-5-18(11(6-9)8-17)14(19)10-2-3-13(16)12(15)7-10;/h2-3,7,9,11H,4-6,8,17H2,1H3;1H.